The van der Waals surface area contributed by atoms with Crippen molar-refractivity contribution < 1.29 is 42.9 Å². The van der Waals surface area contributed by atoms with E-state index in [0.717, 1.165) is 5.56 Å². The minimum Gasteiger partial charge on any atom is -0.493 e. The number of nitrogens with one attached hydrogen (secondary N) is 1. The molecule has 0 fully saturated rings. The summed E-state index contributed by atoms with van der Waals surface area (Å²) in [7, 11) is 3.04. The molecule has 12 heteroatoms. The minimum absolute atomic E-state index is 0.0595. The second-order valence-corrected chi connectivity index (χ2v) is 12.9. The third-order valence-electron chi connectivity index (χ3n) is 7.90. The predicted molar refractivity (Wildman–Crippen MR) is 185 cm³/mol. The van der Waals surface area contributed by atoms with Gasteiger partial charge in [-0.3, -0.25) is 19.2 Å². The number of rotatable bonds is 14. The van der Waals surface area contributed by atoms with Gasteiger partial charge in [0.15, 0.2) is 11.5 Å². The highest BCUT2D eigenvalue weighted by atomic mass is 35.5. The number of carbonyl (C=O) groups excluding carboxylic acids is 4. The van der Waals surface area contributed by atoms with E-state index in [1.54, 1.807) is 54.3 Å². The van der Waals surface area contributed by atoms with E-state index >= 15 is 0 Å². The van der Waals surface area contributed by atoms with E-state index in [9.17, 15) is 19.2 Å². The van der Waals surface area contributed by atoms with E-state index in [1.165, 1.54) is 21.1 Å². The number of aryl methyl sites for hydroxylation is 1. The maximum absolute atomic E-state index is 14.5. The third-order valence-corrected chi connectivity index (χ3v) is 8.14. The van der Waals surface area contributed by atoms with Gasteiger partial charge in [-0.2, -0.15) is 0 Å². The summed E-state index contributed by atoms with van der Waals surface area (Å²) in [5, 5.41) is 3.28. The van der Waals surface area contributed by atoms with Crippen LogP contribution in [0.3, 0.4) is 0 Å². The molecule has 0 saturated heterocycles. The van der Waals surface area contributed by atoms with E-state index in [1.807, 2.05) is 32.0 Å². The van der Waals surface area contributed by atoms with Gasteiger partial charge in [-0.15, -0.1) is 0 Å². The lowest BCUT2D eigenvalue weighted by molar-refractivity contribution is -0.144. The molecule has 0 aromatic heterocycles. The van der Waals surface area contributed by atoms with Crippen LogP contribution in [0.1, 0.15) is 63.3 Å². The first-order chi connectivity index (χ1) is 23.3. The molecule has 0 aliphatic carbocycles. The van der Waals surface area contributed by atoms with Gasteiger partial charge in [-0.1, -0.05) is 49.7 Å². The molecule has 0 radical (unpaired) electrons. The van der Waals surface area contributed by atoms with Crippen molar-refractivity contribution in [1.29, 1.82) is 0 Å². The summed E-state index contributed by atoms with van der Waals surface area (Å²) in [6.45, 7) is 7.38. The number of fused-ring (bicyclic) bond motifs is 1. The van der Waals surface area contributed by atoms with Crippen LogP contribution >= 0.6 is 11.6 Å². The van der Waals surface area contributed by atoms with Crippen molar-refractivity contribution in [2.45, 2.75) is 59.2 Å². The summed E-state index contributed by atoms with van der Waals surface area (Å²) in [5.41, 5.74) is 2.44. The number of anilines is 2. The lowest BCUT2D eigenvalue weighted by Gasteiger charge is -2.33. The summed E-state index contributed by atoms with van der Waals surface area (Å²) >= 11 is 6.53. The fourth-order valence-electron chi connectivity index (χ4n) is 5.61. The van der Waals surface area contributed by atoms with Crippen LogP contribution in [0, 0.1) is 5.41 Å². The lowest BCUT2D eigenvalue weighted by Crippen LogP contribution is -2.46. The first-order valence-electron chi connectivity index (χ1n) is 16.0. The molecule has 0 bridgehead atoms. The molecule has 0 unspecified atom stereocenters. The number of nitrogens with zero attached hydrogens (tertiary/aromatic N) is 1. The summed E-state index contributed by atoms with van der Waals surface area (Å²) in [5.74, 6) is -0.737. The number of amides is 2. The third kappa shape index (κ3) is 9.73. The zero-order valence-electron chi connectivity index (χ0n) is 28.7. The normalized spacial score (nSPS) is 15.9. The van der Waals surface area contributed by atoms with Gasteiger partial charge < -0.3 is 33.9 Å². The average molecular weight is 695 g/mol. The van der Waals surface area contributed by atoms with Crippen molar-refractivity contribution in [1.82, 2.24) is 0 Å². The van der Waals surface area contributed by atoms with Gasteiger partial charge in [0.25, 0.3) is 5.91 Å². The van der Waals surface area contributed by atoms with E-state index in [4.69, 9.17) is 35.3 Å². The van der Waals surface area contributed by atoms with E-state index in [-0.39, 0.29) is 32.0 Å². The van der Waals surface area contributed by atoms with E-state index < -0.39 is 35.4 Å². The number of ether oxygens (including phenoxy) is 5. The van der Waals surface area contributed by atoms with Gasteiger partial charge in [0.2, 0.25) is 5.91 Å². The zero-order valence-corrected chi connectivity index (χ0v) is 29.4. The van der Waals surface area contributed by atoms with Crippen LogP contribution in [0.15, 0.2) is 60.7 Å². The number of para-hydroxylation sites is 1. The second kappa shape index (κ2) is 16.7. The molecule has 2 atom stereocenters. The smallest absolute Gasteiger partial charge is 0.306 e. The van der Waals surface area contributed by atoms with Gasteiger partial charge >= 0.3 is 11.9 Å². The monoisotopic (exact) mass is 694 g/mol. The molecule has 0 saturated carbocycles. The molecule has 1 heterocycles. The Hall–Kier alpha value is -4.61. The van der Waals surface area contributed by atoms with Gasteiger partial charge in [0.1, 0.15) is 12.2 Å². The summed E-state index contributed by atoms with van der Waals surface area (Å²) in [4.78, 5) is 52.9. The number of hydrogen-bond acceptors (Lipinski definition) is 9. The number of halogens is 1. The van der Waals surface area contributed by atoms with Gasteiger partial charge in [0.05, 0.1) is 33.9 Å². The Labute approximate surface area is 291 Å². The van der Waals surface area contributed by atoms with Crippen LogP contribution in [-0.4, -0.2) is 63.8 Å². The summed E-state index contributed by atoms with van der Waals surface area (Å²) in [6, 6.07) is 17.6. The van der Waals surface area contributed by atoms with E-state index in [2.05, 4.69) is 5.32 Å². The lowest BCUT2D eigenvalue weighted by atomic mass is 9.92. The first kappa shape index (κ1) is 37.2. The van der Waals surface area contributed by atoms with Crippen molar-refractivity contribution in [3.63, 3.8) is 0 Å². The maximum atomic E-state index is 14.5. The second-order valence-electron chi connectivity index (χ2n) is 12.4. The SMILES string of the molecule is CCOC(=O)CCc1ccc(NC(=O)C[C@H]2O[C@H](c3cccc(OC)c3OC)c3cc(Cl)ccc3N(CC(C)(C)COC(C)=O)C2=O)cc1. The molecule has 1 aliphatic heterocycles. The molecule has 11 nitrogen and oxygen atoms in total. The Kier molecular flexibility index (Phi) is 12.7. The standard InChI is InChI=1S/C37H43ClN2O9/c1-7-47-33(43)18-13-24-11-15-26(16-12-24)39-32(42)20-31-36(44)40(21-37(3,4)22-48-23(2)41)29-17-14-25(38)19-28(29)34(49-31)27-9-8-10-30(45-5)35(27)46-6/h8-12,14-17,19,31,34H,7,13,18,20-22H2,1-6H3,(H,39,42)/t31-,34-/m1/s1. The number of methoxy groups -OCH3 is 2. The van der Waals surface area contributed by atoms with Crippen molar-refractivity contribution in [3.05, 3.63) is 82.4 Å². The number of esters is 2. The zero-order chi connectivity index (χ0) is 35.7. The van der Waals surface area contributed by atoms with Crippen molar-refractivity contribution >= 4 is 46.7 Å². The summed E-state index contributed by atoms with van der Waals surface area (Å²) in [6.07, 6.45) is -1.68. The molecule has 4 rings (SSSR count). The predicted octanol–water partition coefficient (Wildman–Crippen LogP) is 6.29. The molecule has 3 aromatic carbocycles. The number of carbonyl (C=O) groups is 4. The molecule has 3 aromatic rings. The van der Waals surface area contributed by atoms with Crippen LogP contribution < -0.4 is 19.7 Å². The van der Waals surface area contributed by atoms with Crippen molar-refractivity contribution in [2.75, 3.05) is 44.2 Å². The Balaban J connectivity index is 1.68. The van der Waals surface area contributed by atoms with E-state index in [0.29, 0.717) is 52.1 Å². The molecule has 49 heavy (non-hydrogen) atoms. The number of benzene rings is 3. The first-order valence-corrected chi connectivity index (χ1v) is 16.4. The quantitative estimate of drug-likeness (QED) is 0.194. The molecular weight excluding hydrogens is 652 g/mol. The molecule has 0 spiro atoms. The van der Waals surface area contributed by atoms with Crippen molar-refractivity contribution in [2.24, 2.45) is 5.41 Å². The fourth-order valence-corrected chi connectivity index (χ4v) is 5.79. The highest BCUT2D eigenvalue weighted by Gasteiger charge is 2.41. The molecule has 1 aliphatic rings. The summed E-state index contributed by atoms with van der Waals surface area (Å²) < 4.78 is 28.2. The number of hydrogen-bond donors (Lipinski definition) is 1. The highest BCUT2D eigenvalue weighted by Crippen LogP contribution is 2.45. The van der Waals surface area contributed by atoms with Crippen LogP contribution in [0.2, 0.25) is 5.02 Å². The van der Waals surface area contributed by atoms with Gasteiger partial charge in [0, 0.05) is 52.8 Å². The van der Waals surface area contributed by atoms with Crippen LogP contribution in [-0.2, 0) is 39.8 Å². The molecular formula is C37H43ClN2O9. The average Bonchev–Trinajstić information content (AvgIpc) is 3.17. The highest BCUT2D eigenvalue weighted by molar-refractivity contribution is 6.30. The topological polar surface area (TPSA) is 130 Å². The maximum Gasteiger partial charge on any atom is 0.306 e. The van der Waals surface area contributed by atoms with Gasteiger partial charge in [-0.25, -0.2) is 0 Å². The Bertz CT molecular complexity index is 1660. The van der Waals surface area contributed by atoms with Crippen LogP contribution in [0.25, 0.3) is 0 Å². The van der Waals surface area contributed by atoms with Gasteiger partial charge in [-0.05, 0) is 55.3 Å². The largest absolute Gasteiger partial charge is 0.493 e. The Morgan fingerprint density at radius 2 is 1.71 bits per heavy atom. The Morgan fingerprint density at radius 1 is 0.980 bits per heavy atom. The van der Waals surface area contributed by atoms with Crippen molar-refractivity contribution in [3.8, 4) is 11.5 Å². The Morgan fingerprint density at radius 3 is 2.37 bits per heavy atom. The molecule has 1 N–H and O–H groups in total. The molecule has 262 valence electrons. The fraction of sp³-hybridized carbons (Fsp3) is 0.405. The minimum atomic E-state index is -1.24. The van der Waals surface area contributed by atoms with Crippen LogP contribution in [0.5, 0.6) is 11.5 Å². The molecule has 2 amide bonds. The van der Waals surface area contributed by atoms with Crippen LogP contribution in [0.4, 0.5) is 11.4 Å².